The van der Waals surface area contributed by atoms with Crippen LogP contribution in [0, 0.1) is 11.8 Å². The van der Waals surface area contributed by atoms with Gasteiger partial charge >= 0.3 is 0 Å². The third-order valence-electron chi connectivity index (χ3n) is 3.30. The van der Waals surface area contributed by atoms with Gasteiger partial charge in [0, 0.05) is 25.9 Å². The molecule has 0 atom stereocenters. The summed E-state index contributed by atoms with van der Waals surface area (Å²) < 4.78 is 30.4. The number of hydrogen-bond acceptors (Lipinski definition) is 5. The van der Waals surface area contributed by atoms with Crippen molar-refractivity contribution >= 4 is 15.9 Å². The van der Waals surface area contributed by atoms with Crippen LogP contribution >= 0.6 is 0 Å². The van der Waals surface area contributed by atoms with Gasteiger partial charge in [-0.3, -0.25) is 9.78 Å². The van der Waals surface area contributed by atoms with Crippen molar-refractivity contribution in [2.24, 2.45) is 0 Å². The SMILES string of the molecule is CN(C)S(=O)(=O)c1ccc(C(=O)NCC#CCOc2cccnc2)cc1. The van der Waals surface area contributed by atoms with Crippen LogP contribution in [0.2, 0.25) is 0 Å². The zero-order valence-corrected chi connectivity index (χ0v) is 15.3. The third kappa shape index (κ3) is 5.31. The highest BCUT2D eigenvalue weighted by atomic mass is 32.2. The van der Waals surface area contributed by atoms with Gasteiger partial charge in [-0.25, -0.2) is 12.7 Å². The lowest BCUT2D eigenvalue weighted by atomic mass is 10.2. The lowest BCUT2D eigenvalue weighted by Gasteiger charge is -2.11. The quantitative estimate of drug-likeness (QED) is 0.767. The van der Waals surface area contributed by atoms with E-state index in [9.17, 15) is 13.2 Å². The molecule has 1 N–H and O–H groups in total. The highest BCUT2D eigenvalue weighted by Crippen LogP contribution is 2.13. The minimum Gasteiger partial charge on any atom is -0.479 e. The van der Waals surface area contributed by atoms with E-state index in [4.69, 9.17) is 4.74 Å². The minimum atomic E-state index is -3.51. The van der Waals surface area contributed by atoms with Crippen molar-refractivity contribution in [2.75, 3.05) is 27.2 Å². The van der Waals surface area contributed by atoms with Gasteiger partial charge in [0.05, 0.1) is 17.6 Å². The topological polar surface area (TPSA) is 88.6 Å². The second-order valence-corrected chi connectivity index (χ2v) is 7.48. The monoisotopic (exact) mass is 373 g/mol. The van der Waals surface area contributed by atoms with Gasteiger partial charge in [0.1, 0.15) is 12.4 Å². The van der Waals surface area contributed by atoms with Crippen LogP contribution in [-0.4, -0.2) is 50.9 Å². The van der Waals surface area contributed by atoms with Crippen LogP contribution in [0.15, 0.2) is 53.7 Å². The van der Waals surface area contributed by atoms with Crippen LogP contribution in [0.25, 0.3) is 0 Å². The normalized spacial score (nSPS) is 10.7. The van der Waals surface area contributed by atoms with Crippen molar-refractivity contribution in [3.8, 4) is 17.6 Å². The summed E-state index contributed by atoms with van der Waals surface area (Å²) in [5.74, 6) is 5.85. The van der Waals surface area contributed by atoms with E-state index in [0.717, 1.165) is 4.31 Å². The van der Waals surface area contributed by atoms with Crippen molar-refractivity contribution in [2.45, 2.75) is 4.90 Å². The first-order valence-corrected chi connectivity index (χ1v) is 9.14. The average Bonchev–Trinajstić information content (AvgIpc) is 2.65. The number of pyridine rings is 1. The lowest BCUT2D eigenvalue weighted by Crippen LogP contribution is -2.24. The van der Waals surface area contributed by atoms with Crippen molar-refractivity contribution in [3.63, 3.8) is 0 Å². The Morgan fingerprint density at radius 1 is 1.19 bits per heavy atom. The number of hydrogen-bond donors (Lipinski definition) is 1. The molecule has 0 aliphatic carbocycles. The maximum absolute atomic E-state index is 12.0. The Balaban J connectivity index is 1.82. The van der Waals surface area contributed by atoms with Gasteiger partial charge in [-0.2, -0.15) is 0 Å². The Hall–Kier alpha value is -2.89. The molecular formula is C18H19N3O4S. The Morgan fingerprint density at radius 2 is 1.92 bits per heavy atom. The molecule has 0 aliphatic rings. The van der Waals surface area contributed by atoms with E-state index in [0.29, 0.717) is 11.3 Å². The van der Waals surface area contributed by atoms with Gasteiger partial charge in [0.15, 0.2) is 0 Å². The van der Waals surface area contributed by atoms with E-state index >= 15 is 0 Å². The number of nitrogens with one attached hydrogen (secondary N) is 1. The van der Waals surface area contributed by atoms with Gasteiger partial charge in [0.25, 0.3) is 5.91 Å². The molecule has 0 radical (unpaired) electrons. The van der Waals surface area contributed by atoms with Crippen molar-refractivity contribution < 1.29 is 17.9 Å². The number of amides is 1. The molecule has 26 heavy (non-hydrogen) atoms. The molecule has 0 aliphatic heterocycles. The summed E-state index contributed by atoms with van der Waals surface area (Å²) in [5, 5.41) is 2.64. The van der Waals surface area contributed by atoms with Gasteiger partial charge in [-0.15, -0.1) is 0 Å². The molecular weight excluding hydrogens is 354 g/mol. The molecule has 2 rings (SSSR count). The maximum Gasteiger partial charge on any atom is 0.252 e. The van der Waals surface area contributed by atoms with Crippen LogP contribution in [-0.2, 0) is 10.0 Å². The van der Waals surface area contributed by atoms with Crippen LogP contribution in [0.4, 0.5) is 0 Å². The molecule has 0 unspecified atom stereocenters. The molecule has 1 aromatic carbocycles. The molecule has 0 fully saturated rings. The van der Waals surface area contributed by atoms with Gasteiger partial charge in [-0.05, 0) is 36.4 Å². The molecule has 8 heteroatoms. The molecule has 2 aromatic rings. The van der Waals surface area contributed by atoms with E-state index in [1.807, 2.05) is 0 Å². The number of aromatic nitrogens is 1. The predicted octanol–water partition coefficient (Wildman–Crippen LogP) is 1.14. The van der Waals surface area contributed by atoms with Crippen LogP contribution in [0.1, 0.15) is 10.4 Å². The summed E-state index contributed by atoms with van der Waals surface area (Å²) in [5.41, 5.74) is 0.358. The largest absolute Gasteiger partial charge is 0.479 e. The number of carbonyl (C=O) groups is 1. The Kier molecular flexibility index (Phi) is 6.72. The first-order valence-electron chi connectivity index (χ1n) is 7.70. The first kappa shape index (κ1) is 19.4. The van der Waals surface area contributed by atoms with E-state index < -0.39 is 10.0 Å². The van der Waals surface area contributed by atoms with Crippen LogP contribution in [0.5, 0.6) is 5.75 Å². The van der Waals surface area contributed by atoms with Crippen molar-refractivity contribution in [3.05, 3.63) is 54.4 Å². The number of carbonyl (C=O) groups excluding carboxylic acids is 1. The molecule has 1 heterocycles. The second-order valence-electron chi connectivity index (χ2n) is 5.33. The summed E-state index contributed by atoms with van der Waals surface area (Å²) >= 11 is 0. The van der Waals surface area contributed by atoms with Crippen LogP contribution in [0.3, 0.4) is 0 Å². The Morgan fingerprint density at radius 3 is 2.54 bits per heavy atom. The molecule has 1 amide bonds. The molecule has 1 aromatic heterocycles. The van der Waals surface area contributed by atoms with Gasteiger partial charge in [-0.1, -0.05) is 11.8 Å². The van der Waals surface area contributed by atoms with Crippen molar-refractivity contribution in [1.82, 2.24) is 14.6 Å². The maximum atomic E-state index is 12.0. The fourth-order valence-electron chi connectivity index (χ4n) is 1.88. The van der Waals surface area contributed by atoms with Crippen LogP contribution < -0.4 is 10.1 Å². The molecule has 0 saturated heterocycles. The molecule has 0 spiro atoms. The third-order valence-corrected chi connectivity index (χ3v) is 5.13. The summed E-state index contributed by atoms with van der Waals surface area (Å²) in [6.45, 7) is 0.353. The number of sulfonamides is 1. The highest BCUT2D eigenvalue weighted by Gasteiger charge is 2.17. The van der Waals surface area contributed by atoms with E-state index in [1.54, 1.807) is 24.5 Å². The fourth-order valence-corrected chi connectivity index (χ4v) is 2.78. The molecule has 0 saturated carbocycles. The number of nitrogens with zero attached hydrogens (tertiary/aromatic N) is 2. The second kappa shape index (κ2) is 8.99. The molecule has 136 valence electrons. The number of benzene rings is 1. The zero-order chi connectivity index (χ0) is 19.0. The summed E-state index contributed by atoms with van der Waals surface area (Å²) in [4.78, 5) is 16.1. The first-order chi connectivity index (χ1) is 12.4. The number of rotatable bonds is 6. The zero-order valence-electron chi connectivity index (χ0n) is 14.5. The van der Waals surface area contributed by atoms with E-state index in [-0.39, 0.29) is 24.0 Å². The standard InChI is InChI=1S/C18H19N3O4S/c1-21(2)26(23,24)17-9-7-15(8-10-17)18(22)20-12-3-4-13-25-16-6-5-11-19-14-16/h5-11,14H,12-13H2,1-2H3,(H,20,22). The Bertz CT molecular complexity index is 899. The minimum absolute atomic E-state index is 0.131. The summed E-state index contributed by atoms with van der Waals surface area (Å²) in [7, 11) is -0.607. The van der Waals surface area contributed by atoms with Gasteiger partial charge < -0.3 is 10.1 Å². The van der Waals surface area contributed by atoms with Crippen molar-refractivity contribution in [1.29, 1.82) is 0 Å². The van der Waals surface area contributed by atoms with Gasteiger partial charge in [0.2, 0.25) is 10.0 Å². The summed E-state index contributed by atoms with van der Waals surface area (Å²) in [6, 6.07) is 9.26. The predicted molar refractivity (Wildman–Crippen MR) is 97.2 cm³/mol. The highest BCUT2D eigenvalue weighted by molar-refractivity contribution is 7.89. The fraction of sp³-hybridized carbons (Fsp3) is 0.222. The average molecular weight is 373 g/mol. The summed E-state index contributed by atoms with van der Waals surface area (Å²) in [6.07, 6.45) is 3.24. The Labute approximate surface area is 153 Å². The number of ether oxygens (including phenoxy) is 1. The molecule has 7 nitrogen and oxygen atoms in total. The lowest BCUT2D eigenvalue weighted by molar-refractivity contribution is 0.0958. The van der Waals surface area contributed by atoms with E-state index in [2.05, 4.69) is 22.1 Å². The van der Waals surface area contributed by atoms with E-state index in [1.165, 1.54) is 38.4 Å². The smallest absolute Gasteiger partial charge is 0.252 e. The molecule has 0 bridgehead atoms.